The normalized spacial score (nSPS) is 12.2. The third-order valence-electron chi connectivity index (χ3n) is 3.13. The maximum Gasteiger partial charge on any atom is 0.123 e. The van der Waals surface area contributed by atoms with Gasteiger partial charge in [-0.15, -0.1) is 0 Å². The van der Waals surface area contributed by atoms with Crippen molar-refractivity contribution in [3.05, 3.63) is 65.0 Å². The largest absolute Gasteiger partial charge is 0.379 e. The quantitative estimate of drug-likeness (QED) is 0.829. The Morgan fingerprint density at radius 1 is 1.00 bits per heavy atom. The van der Waals surface area contributed by atoms with E-state index in [1.54, 1.807) is 12.1 Å². The Bertz CT molecular complexity index is 531. The summed E-state index contributed by atoms with van der Waals surface area (Å²) in [5.41, 5.74) is 4.73. The molecule has 0 saturated carbocycles. The van der Waals surface area contributed by atoms with Crippen LogP contribution in [0.15, 0.2) is 42.5 Å². The number of hydrogen-bond donors (Lipinski definition) is 1. The summed E-state index contributed by atoms with van der Waals surface area (Å²) in [5.74, 6) is -0.208. The van der Waals surface area contributed by atoms with E-state index in [-0.39, 0.29) is 11.9 Å². The van der Waals surface area contributed by atoms with Crippen LogP contribution in [-0.4, -0.2) is 0 Å². The van der Waals surface area contributed by atoms with Gasteiger partial charge in [0.2, 0.25) is 0 Å². The molecule has 0 radical (unpaired) electrons. The highest BCUT2D eigenvalue weighted by molar-refractivity contribution is 5.46. The summed E-state index contributed by atoms with van der Waals surface area (Å²) in [7, 11) is 0. The first-order chi connectivity index (χ1) is 8.56. The van der Waals surface area contributed by atoms with Crippen LogP contribution in [0.3, 0.4) is 0 Å². The van der Waals surface area contributed by atoms with E-state index in [2.05, 4.69) is 44.3 Å². The summed E-state index contributed by atoms with van der Waals surface area (Å²) in [6, 6.07) is 13.1. The Kier molecular flexibility index (Phi) is 3.66. The number of hydrogen-bond acceptors (Lipinski definition) is 1. The molecule has 0 bridgehead atoms. The van der Waals surface area contributed by atoms with Crippen LogP contribution in [0.25, 0.3) is 0 Å². The Labute approximate surface area is 108 Å². The smallest absolute Gasteiger partial charge is 0.123 e. The number of rotatable bonds is 3. The van der Waals surface area contributed by atoms with Gasteiger partial charge in [-0.2, -0.15) is 0 Å². The lowest BCUT2D eigenvalue weighted by molar-refractivity contribution is 0.628. The molecule has 2 rings (SSSR count). The molecule has 1 atom stereocenters. The van der Waals surface area contributed by atoms with Crippen LogP contribution in [0.1, 0.15) is 29.7 Å². The number of benzene rings is 2. The summed E-state index contributed by atoms with van der Waals surface area (Å²) in [4.78, 5) is 0. The number of halogens is 1. The molecule has 0 aliphatic heterocycles. The molecule has 0 aliphatic carbocycles. The van der Waals surface area contributed by atoms with Crippen molar-refractivity contribution in [3.8, 4) is 0 Å². The van der Waals surface area contributed by atoms with Crippen molar-refractivity contribution >= 4 is 5.69 Å². The van der Waals surface area contributed by atoms with Crippen LogP contribution >= 0.6 is 0 Å². The van der Waals surface area contributed by atoms with Crippen molar-refractivity contribution in [2.75, 3.05) is 5.32 Å². The van der Waals surface area contributed by atoms with Crippen LogP contribution in [0.5, 0.6) is 0 Å². The molecule has 0 heterocycles. The molecule has 1 nitrogen and oxygen atoms in total. The Morgan fingerprint density at radius 3 is 2.33 bits per heavy atom. The van der Waals surface area contributed by atoms with E-state index in [1.165, 1.54) is 28.8 Å². The Morgan fingerprint density at radius 2 is 1.67 bits per heavy atom. The third kappa shape index (κ3) is 2.89. The van der Waals surface area contributed by atoms with Gasteiger partial charge in [0, 0.05) is 11.7 Å². The van der Waals surface area contributed by atoms with Gasteiger partial charge in [0.15, 0.2) is 0 Å². The summed E-state index contributed by atoms with van der Waals surface area (Å²) < 4.78 is 12.8. The molecule has 2 heteroatoms. The fourth-order valence-corrected chi connectivity index (χ4v) is 2.10. The Balaban J connectivity index is 2.18. The topological polar surface area (TPSA) is 12.0 Å². The number of nitrogens with one attached hydrogen (secondary N) is 1. The van der Waals surface area contributed by atoms with E-state index in [4.69, 9.17) is 0 Å². The number of anilines is 1. The van der Waals surface area contributed by atoms with E-state index in [0.29, 0.717) is 0 Å². The highest BCUT2D eigenvalue weighted by Gasteiger charge is 2.08. The molecule has 0 fully saturated rings. The molecule has 2 aromatic carbocycles. The second kappa shape index (κ2) is 5.21. The highest BCUT2D eigenvalue weighted by atomic mass is 19.1. The zero-order chi connectivity index (χ0) is 13.1. The molecule has 0 aromatic heterocycles. The Hall–Kier alpha value is -1.83. The second-order valence-corrected chi connectivity index (χ2v) is 4.73. The average molecular weight is 243 g/mol. The lowest BCUT2D eigenvalue weighted by Gasteiger charge is -2.18. The van der Waals surface area contributed by atoms with Crippen LogP contribution in [-0.2, 0) is 0 Å². The molecular weight excluding hydrogens is 225 g/mol. The monoisotopic (exact) mass is 243 g/mol. The van der Waals surface area contributed by atoms with Crippen molar-refractivity contribution in [2.24, 2.45) is 0 Å². The van der Waals surface area contributed by atoms with Gasteiger partial charge in [-0.05, 0) is 56.2 Å². The predicted octanol–water partition coefficient (Wildman–Crippen LogP) is 4.62. The van der Waals surface area contributed by atoms with Gasteiger partial charge in [0.25, 0.3) is 0 Å². The minimum atomic E-state index is -0.208. The molecule has 0 saturated heterocycles. The van der Waals surface area contributed by atoms with Crippen LogP contribution < -0.4 is 5.32 Å². The molecule has 1 N–H and O–H groups in total. The van der Waals surface area contributed by atoms with Crippen LogP contribution in [0.2, 0.25) is 0 Å². The SMILES string of the molecule is Cc1ccc(C)c(C(C)Nc2ccc(F)cc2)c1. The van der Waals surface area contributed by atoms with Crippen molar-refractivity contribution in [3.63, 3.8) is 0 Å². The summed E-state index contributed by atoms with van der Waals surface area (Å²) >= 11 is 0. The van der Waals surface area contributed by atoms with Crippen molar-refractivity contribution < 1.29 is 4.39 Å². The van der Waals surface area contributed by atoms with Gasteiger partial charge < -0.3 is 5.32 Å². The summed E-state index contributed by atoms with van der Waals surface area (Å²) in [5, 5.41) is 3.39. The lowest BCUT2D eigenvalue weighted by atomic mass is 10.00. The van der Waals surface area contributed by atoms with Gasteiger partial charge >= 0.3 is 0 Å². The molecule has 0 spiro atoms. The van der Waals surface area contributed by atoms with E-state index in [9.17, 15) is 4.39 Å². The molecule has 94 valence electrons. The van der Waals surface area contributed by atoms with Crippen molar-refractivity contribution in [1.29, 1.82) is 0 Å². The van der Waals surface area contributed by atoms with Crippen LogP contribution in [0, 0.1) is 19.7 Å². The fourth-order valence-electron chi connectivity index (χ4n) is 2.10. The van der Waals surface area contributed by atoms with E-state index in [0.717, 1.165) is 5.69 Å². The molecule has 0 amide bonds. The first-order valence-corrected chi connectivity index (χ1v) is 6.15. The van der Waals surface area contributed by atoms with Crippen LogP contribution in [0.4, 0.5) is 10.1 Å². The van der Waals surface area contributed by atoms with Gasteiger partial charge in [0.05, 0.1) is 0 Å². The minimum Gasteiger partial charge on any atom is -0.379 e. The summed E-state index contributed by atoms with van der Waals surface area (Å²) in [6.07, 6.45) is 0. The van der Waals surface area contributed by atoms with Gasteiger partial charge in [-0.1, -0.05) is 23.8 Å². The molecular formula is C16H18FN. The maximum absolute atomic E-state index is 12.8. The first kappa shape index (κ1) is 12.6. The standard InChI is InChI=1S/C16H18FN/c1-11-4-5-12(2)16(10-11)13(3)18-15-8-6-14(17)7-9-15/h4-10,13,18H,1-3H3. The van der Waals surface area contributed by atoms with Gasteiger partial charge in [-0.25, -0.2) is 4.39 Å². The average Bonchev–Trinajstić information content (AvgIpc) is 2.35. The van der Waals surface area contributed by atoms with Gasteiger partial charge in [-0.3, -0.25) is 0 Å². The third-order valence-corrected chi connectivity index (χ3v) is 3.13. The highest BCUT2D eigenvalue weighted by Crippen LogP contribution is 2.23. The first-order valence-electron chi connectivity index (χ1n) is 6.15. The molecule has 18 heavy (non-hydrogen) atoms. The van der Waals surface area contributed by atoms with E-state index >= 15 is 0 Å². The van der Waals surface area contributed by atoms with E-state index in [1.807, 2.05) is 0 Å². The van der Waals surface area contributed by atoms with E-state index < -0.39 is 0 Å². The molecule has 0 aliphatic rings. The second-order valence-electron chi connectivity index (χ2n) is 4.73. The molecule has 2 aromatic rings. The minimum absolute atomic E-state index is 0.204. The van der Waals surface area contributed by atoms with Crippen molar-refractivity contribution in [2.45, 2.75) is 26.8 Å². The summed E-state index contributed by atoms with van der Waals surface area (Å²) in [6.45, 7) is 6.32. The van der Waals surface area contributed by atoms with Crippen molar-refractivity contribution in [1.82, 2.24) is 0 Å². The number of aryl methyl sites for hydroxylation is 2. The zero-order valence-corrected chi connectivity index (χ0v) is 11.0. The zero-order valence-electron chi connectivity index (χ0n) is 11.0. The fraction of sp³-hybridized carbons (Fsp3) is 0.250. The predicted molar refractivity (Wildman–Crippen MR) is 74.4 cm³/mol. The lowest BCUT2D eigenvalue weighted by Crippen LogP contribution is -2.08. The van der Waals surface area contributed by atoms with Gasteiger partial charge in [0.1, 0.15) is 5.82 Å². The maximum atomic E-state index is 12.8. The molecule has 1 unspecified atom stereocenters.